The van der Waals surface area contributed by atoms with Crippen LogP contribution in [0.2, 0.25) is 0 Å². The van der Waals surface area contributed by atoms with E-state index in [0.29, 0.717) is 5.13 Å². The average Bonchev–Trinajstić information content (AvgIpc) is 3.25. The molecule has 0 bridgehead atoms. The summed E-state index contributed by atoms with van der Waals surface area (Å²) in [6, 6.07) is 12.0. The summed E-state index contributed by atoms with van der Waals surface area (Å²) in [5, 5.41) is 3.60. The predicted octanol–water partition coefficient (Wildman–Crippen LogP) is 3.99. The van der Waals surface area contributed by atoms with E-state index in [1.165, 1.54) is 11.3 Å². The number of anilines is 1. The van der Waals surface area contributed by atoms with Crippen molar-refractivity contribution >= 4 is 32.7 Å². The number of likely N-dealkylation sites (tertiary alicyclic amines) is 1. The van der Waals surface area contributed by atoms with Crippen LogP contribution in [0.1, 0.15) is 24.6 Å². The van der Waals surface area contributed by atoms with Gasteiger partial charge in [-0.15, -0.1) is 0 Å². The molecule has 3 heterocycles. The second-order valence-electron chi connectivity index (χ2n) is 5.39. The van der Waals surface area contributed by atoms with Gasteiger partial charge in [-0.05, 0) is 37.1 Å². The zero-order valence-electron chi connectivity index (χ0n) is 12.0. The van der Waals surface area contributed by atoms with Crippen molar-refractivity contribution in [1.82, 2.24) is 14.9 Å². The van der Waals surface area contributed by atoms with E-state index >= 15 is 0 Å². The second kappa shape index (κ2) is 5.46. The number of H-pyrrole nitrogens is 1. The number of amides is 2. The monoisotopic (exact) mass is 312 g/mol. The molecule has 0 spiro atoms. The minimum absolute atomic E-state index is 0.0730. The van der Waals surface area contributed by atoms with E-state index in [-0.39, 0.29) is 12.1 Å². The molecular weight excluding hydrogens is 296 g/mol. The van der Waals surface area contributed by atoms with E-state index in [0.717, 1.165) is 35.3 Å². The summed E-state index contributed by atoms with van der Waals surface area (Å²) in [5.41, 5.74) is 2.02. The van der Waals surface area contributed by atoms with Crippen LogP contribution in [0.25, 0.3) is 10.2 Å². The predicted molar refractivity (Wildman–Crippen MR) is 88.1 cm³/mol. The molecule has 1 aliphatic rings. The summed E-state index contributed by atoms with van der Waals surface area (Å²) in [7, 11) is 0. The molecule has 1 saturated heterocycles. The Morgan fingerprint density at radius 2 is 2.23 bits per heavy atom. The first-order valence-corrected chi connectivity index (χ1v) is 8.19. The van der Waals surface area contributed by atoms with Crippen LogP contribution < -0.4 is 5.32 Å². The summed E-state index contributed by atoms with van der Waals surface area (Å²) in [5.74, 6) is 0. The van der Waals surface area contributed by atoms with Crippen molar-refractivity contribution < 1.29 is 4.79 Å². The van der Waals surface area contributed by atoms with E-state index in [9.17, 15) is 4.79 Å². The van der Waals surface area contributed by atoms with Crippen LogP contribution in [0.3, 0.4) is 0 Å². The van der Waals surface area contributed by atoms with Gasteiger partial charge in [0.05, 0.1) is 16.3 Å². The molecule has 1 fully saturated rings. The molecule has 112 valence electrons. The molecule has 0 radical (unpaired) electrons. The molecule has 2 aromatic heterocycles. The van der Waals surface area contributed by atoms with Crippen molar-refractivity contribution in [3.05, 3.63) is 48.3 Å². The molecule has 5 nitrogen and oxygen atoms in total. The highest BCUT2D eigenvalue weighted by atomic mass is 32.1. The summed E-state index contributed by atoms with van der Waals surface area (Å²) in [6.45, 7) is 0.778. The van der Waals surface area contributed by atoms with Crippen molar-refractivity contribution in [3.63, 3.8) is 0 Å². The van der Waals surface area contributed by atoms with Crippen molar-refractivity contribution in [2.45, 2.75) is 18.9 Å². The van der Waals surface area contributed by atoms with Crippen LogP contribution in [0, 0.1) is 0 Å². The zero-order chi connectivity index (χ0) is 14.9. The third kappa shape index (κ3) is 2.35. The number of fused-ring (bicyclic) bond motifs is 1. The number of nitrogens with one attached hydrogen (secondary N) is 2. The smallest absolute Gasteiger partial charge is 0.324 e. The number of aromatic nitrogens is 2. The number of para-hydroxylation sites is 1. The SMILES string of the molecule is O=C(Nc1nc2ccccc2s1)N1CCCC1c1ccc[nH]1. The van der Waals surface area contributed by atoms with Crippen molar-refractivity contribution in [1.29, 1.82) is 0 Å². The lowest BCUT2D eigenvalue weighted by atomic mass is 10.1. The van der Waals surface area contributed by atoms with Gasteiger partial charge in [-0.3, -0.25) is 5.32 Å². The number of hydrogen-bond donors (Lipinski definition) is 2. The minimum Gasteiger partial charge on any atom is -0.363 e. The third-order valence-corrected chi connectivity index (χ3v) is 4.95. The van der Waals surface area contributed by atoms with Crippen LogP contribution in [-0.2, 0) is 0 Å². The zero-order valence-corrected chi connectivity index (χ0v) is 12.8. The molecule has 1 aromatic carbocycles. The Kier molecular flexibility index (Phi) is 3.31. The molecular formula is C16H16N4OS. The molecule has 1 atom stereocenters. The first-order chi connectivity index (χ1) is 10.8. The van der Waals surface area contributed by atoms with Gasteiger partial charge in [-0.2, -0.15) is 0 Å². The van der Waals surface area contributed by atoms with Crippen molar-refractivity contribution in [3.8, 4) is 0 Å². The highest BCUT2D eigenvalue weighted by Gasteiger charge is 2.30. The molecule has 3 aromatic rings. The third-order valence-electron chi connectivity index (χ3n) is 4.00. The maximum absolute atomic E-state index is 12.6. The lowest BCUT2D eigenvalue weighted by Gasteiger charge is -2.23. The standard InChI is InChI=1S/C16H16N4OS/c21-16(19-15-18-12-5-1-2-8-14(12)22-15)20-10-4-7-13(20)11-6-3-9-17-11/h1-3,5-6,8-9,13,17H,4,7,10H2,(H,18,19,21). The Morgan fingerprint density at radius 1 is 1.32 bits per heavy atom. The Morgan fingerprint density at radius 3 is 3.05 bits per heavy atom. The van der Waals surface area contributed by atoms with E-state index in [4.69, 9.17) is 0 Å². The quantitative estimate of drug-likeness (QED) is 0.751. The normalized spacial score (nSPS) is 18.0. The second-order valence-corrected chi connectivity index (χ2v) is 6.42. The van der Waals surface area contributed by atoms with Crippen LogP contribution in [0.15, 0.2) is 42.6 Å². The number of urea groups is 1. The van der Waals surface area contributed by atoms with E-state index in [1.54, 1.807) is 0 Å². The molecule has 2 amide bonds. The number of benzene rings is 1. The topological polar surface area (TPSA) is 61.0 Å². The van der Waals surface area contributed by atoms with Gasteiger partial charge in [0, 0.05) is 18.4 Å². The fourth-order valence-electron chi connectivity index (χ4n) is 2.97. The Balaban J connectivity index is 1.53. The first-order valence-electron chi connectivity index (χ1n) is 7.38. The van der Waals surface area contributed by atoms with Crippen LogP contribution in [-0.4, -0.2) is 27.4 Å². The number of carbonyl (C=O) groups is 1. The Bertz CT molecular complexity index is 762. The Labute approximate surface area is 132 Å². The van der Waals surface area contributed by atoms with Crippen molar-refractivity contribution in [2.75, 3.05) is 11.9 Å². The fraction of sp³-hybridized carbons (Fsp3) is 0.250. The summed E-state index contributed by atoms with van der Waals surface area (Å²) < 4.78 is 1.08. The van der Waals surface area contributed by atoms with Gasteiger partial charge in [0.15, 0.2) is 5.13 Å². The van der Waals surface area contributed by atoms with E-state index in [1.807, 2.05) is 47.5 Å². The molecule has 1 unspecified atom stereocenters. The van der Waals surface area contributed by atoms with E-state index < -0.39 is 0 Å². The summed E-state index contributed by atoms with van der Waals surface area (Å²) in [4.78, 5) is 22.1. The van der Waals surface area contributed by atoms with Gasteiger partial charge in [0.1, 0.15) is 0 Å². The van der Waals surface area contributed by atoms with Crippen molar-refractivity contribution in [2.24, 2.45) is 0 Å². The molecule has 22 heavy (non-hydrogen) atoms. The number of nitrogens with zero attached hydrogens (tertiary/aromatic N) is 2. The highest BCUT2D eigenvalue weighted by molar-refractivity contribution is 7.22. The molecule has 6 heteroatoms. The number of carbonyl (C=O) groups excluding carboxylic acids is 1. The molecule has 1 aliphatic heterocycles. The van der Waals surface area contributed by atoms with Gasteiger partial charge in [-0.25, -0.2) is 9.78 Å². The molecule has 4 rings (SSSR count). The highest BCUT2D eigenvalue weighted by Crippen LogP contribution is 2.32. The lowest BCUT2D eigenvalue weighted by Crippen LogP contribution is -2.34. The maximum Gasteiger partial charge on any atom is 0.324 e. The van der Waals surface area contributed by atoms with Gasteiger partial charge in [0.2, 0.25) is 0 Å². The average molecular weight is 312 g/mol. The van der Waals surface area contributed by atoms with Gasteiger partial charge < -0.3 is 9.88 Å². The van der Waals surface area contributed by atoms with Gasteiger partial charge >= 0.3 is 6.03 Å². The Hall–Kier alpha value is -2.34. The number of hydrogen-bond acceptors (Lipinski definition) is 3. The molecule has 0 saturated carbocycles. The largest absolute Gasteiger partial charge is 0.363 e. The van der Waals surface area contributed by atoms with Gasteiger partial charge in [0.25, 0.3) is 0 Å². The van der Waals surface area contributed by atoms with Crippen LogP contribution in [0.5, 0.6) is 0 Å². The maximum atomic E-state index is 12.6. The van der Waals surface area contributed by atoms with Crippen LogP contribution >= 0.6 is 11.3 Å². The molecule has 2 N–H and O–H groups in total. The summed E-state index contributed by atoms with van der Waals surface area (Å²) >= 11 is 1.51. The fourth-order valence-corrected chi connectivity index (χ4v) is 3.83. The first kappa shape index (κ1) is 13.3. The number of rotatable bonds is 2. The molecule has 0 aliphatic carbocycles. The minimum atomic E-state index is -0.0730. The van der Waals surface area contributed by atoms with E-state index in [2.05, 4.69) is 15.3 Å². The number of thiazole rings is 1. The lowest BCUT2D eigenvalue weighted by molar-refractivity contribution is 0.206. The van der Waals surface area contributed by atoms with Gasteiger partial charge in [-0.1, -0.05) is 23.5 Å². The van der Waals surface area contributed by atoms with Crippen LogP contribution in [0.4, 0.5) is 9.93 Å². The number of aromatic amines is 1. The summed E-state index contributed by atoms with van der Waals surface area (Å²) in [6.07, 6.45) is 3.92.